The average Bonchev–Trinajstić information content (AvgIpc) is 1.41. The predicted octanol–water partition coefficient (Wildman–Crippen LogP) is 1.02. The van der Waals surface area contributed by atoms with Gasteiger partial charge in [-0.15, -0.1) is 0 Å². The van der Waals surface area contributed by atoms with Gasteiger partial charge in [-0.2, -0.15) is 0 Å². The third-order valence-corrected chi connectivity index (χ3v) is 0. The smallest absolute Gasteiger partial charge is 1.00 e. The Morgan fingerprint density at radius 2 is 0.375 bits per heavy atom. The molecule has 0 saturated carbocycles. The quantitative estimate of drug-likeness (QED) is 0.463. The van der Waals surface area contributed by atoms with Crippen LogP contribution in [0.4, 0.5) is 51.8 Å². The molecule has 0 rings (SSSR count). The van der Waals surface area contributed by atoms with E-state index in [0.717, 1.165) is 0 Å². The molecule has 16 heavy (non-hydrogen) atoms. The van der Waals surface area contributed by atoms with Gasteiger partial charge in [-0.05, 0) is 0 Å². The first-order valence-electron chi connectivity index (χ1n) is 2.62. The maximum Gasteiger partial charge on any atom is 1.00 e. The molecular formula is HB3F12K-3. The van der Waals surface area contributed by atoms with Crippen LogP contribution in [-0.4, -0.2) is 21.8 Å². The van der Waals surface area contributed by atoms with Crippen LogP contribution in [0.25, 0.3) is 0 Å². The summed E-state index contributed by atoms with van der Waals surface area (Å²) in [5.41, 5.74) is 0. The Bertz CT molecular complexity index is 96.8. The Morgan fingerprint density at radius 3 is 0.375 bits per heavy atom. The molecule has 0 aliphatic carbocycles. The topological polar surface area (TPSA) is 0 Å². The van der Waals surface area contributed by atoms with Crippen LogP contribution in [0.15, 0.2) is 0 Å². The molecule has 16 heteroatoms. The SMILES string of the molecule is F[B-](F)(F)F.F[B-](F)(F)F.F[B-](F)(F)F.[H-].[K+]. The van der Waals surface area contributed by atoms with Crippen molar-refractivity contribution >= 4 is 21.8 Å². The van der Waals surface area contributed by atoms with Gasteiger partial charge in [0.05, 0.1) is 0 Å². The van der Waals surface area contributed by atoms with E-state index in [0.29, 0.717) is 0 Å². The Kier molecular flexibility index (Phi) is 16.0. The largest absolute Gasteiger partial charge is 1.00 e. The Balaban J connectivity index is -0.0000000400. The minimum atomic E-state index is -6.00. The molecule has 0 aromatic heterocycles. The van der Waals surface area contributed by atoms with Crippen molar-refractivity contribution in [2.75, 3.05) is 0 Å². The number of hydrogen-bond acceptors (Lipinski definition) is 0. The van der Waals surface area contributed by atoms with Crippen molar-refractivity contribution in [1.82, 2.24) is 0 Å². The first-order chi connectivity index (χ1) is 6.00. The average molecular weight is 301 g/mol. The summed E-state index contributed by atoms with van der Waals surface area (Å²) in [5.74, 6) is 0. The van der Waals surface area contributed by atoms with Gasteiger partial charge in [0.2, 0.25) is 0 Å². The second-order valence-corrected chi connectivity index (χ2v) is 1.48. The van der Waals surface area contributed by atoms with Crippen LogP contribution in [0.2, 0.25) is 0 Å². The molecule has 0 aliphatic heterocycles. The predicted molar refractivity (Wildman–Crippen MR) is 31.7 cm³/mol. The Labute approximate surface area is 125 Å². The maximum atomic E-state index is 9.75. The van der Waals surface area contributed by atoms with Gasteiger partial charge < -0.3 is 53.2 Å². The molecule has 0 fully saturated rings. The Hall–Kier alpha value is 0.991. The summed E-state index contributed by atoms with van der Waals surface area (Å²) < 4.78 is 117. The summed E-state index contributed by atoms with van der Waals surface area (Å²) >= 11 is 0. The molecule has 0 bridgehead atoms. The zero-order chi connectivity index (χ0) is 13.5. The van der Waals surface area contributed by atoms with E-state index in [1.807, 2.05) is 0 Å². The fourth-order valence-corrected chi connectivity index (χ4v) is 0. The van der Waals surface area contributed by atoms with E-state index in [-0.39, 0.29) is 52.8 Å². The van der Waals surface area contributed by atoms with Crippen LogP contribution >= 0.6 is 0 Å². The maximum absolute atomic E-state index is 9.75. The minimum Gasteiger partial charge on any atom is -1.00 e. The molecule has 0 saturated heterocycles. The van der Waals surface area contributed by atoms with E-state index in [4.69, 9.17) is 0 Å². The molecule has 0 radical (unpaired) electrons. The fraction of sp³-hybridized carbons (Fsp3) is 0. The van der Waals surface area contributed by atoms with Crippen LogP contribution in [0.3, 0.4) is 0 Å². The van der Waals surface area contributed by atoms with Crippen LogP contribution < -0.4 is 51.4 Å². The van der Waals surface area contributed by atoms with E-state index in [1.54, 1.807) is 0 Å². The molecule has 0 spiro atoms. The van der Waals surface area contributed by atoms with Gasteiger partial charge in [0.15, 0.2) is 0 Å². The van der Waals surface area contributed by atoms with Crippen LogP contribution in [-0.2, 0) is 0 Å². The van der Waals surface area contributed by atoms with E-state index in [2.05, 4.69) is 0 Å². The third kappa shape index (κ3) is 2990. The zero-order valence-electron chi connectivity index (χ0n) is 8.27. The minimum absolute atomic E-state index is 0. The molecule has 0 N–H and O–H groups in total. The summed E-state index contributed by atoms with van der Waals surface area (Å²) in [6.45, 7) is 0. The van der Waals surface area contributed by atoms with Gasteiger partial charge in [0.25, 0.3) is 0 Å². The fourth-order valence-electron chi connectivity index (χ4n) is 0. The zero-order valence-corrected chi connectivity index (χ0v) is 10.4. The van der Waals surface area contributed by atoms with Crippen LogP contribution in [0.1, 0.15) is 1.43 Å². The van der Waals surface area contributed by atoms with E-state index in [1.165, 1.54) is 0 Å². The van der Waals surface area contributed by atoms with Crippen molar-refractivity contribution in [3.8, 4) is 0 Å². The summed E-state index contributed by atoms with van der Waals surface area (Å²) in [5, 5.41) is 0. The first kappa shape index (κ1) is 25.7. The van der Waals surface area contributed by atoms with Gasteiger partial charge in [-0.25, -0.2) is 0 Å². The van der Waals surface area contributed by atoms with Crippen molar-refractivity contribution in [2.24, 2.45) is 0 Å². The van der Waals surface area contributed by atoms with Gasteiger partial charge in [-0.1, -0.05) is 0 Å². The van der Waals surface area contributed by atoms with E-state index >= 15 is 0 Å². The standard InChI is InChI=1S/3BF4.K.H/c3*2-1(3,4)5;;/q3*-1;+1;-1. The van der Waals surface area contributed by atoms with Gasteiger partial charge in [-0.3, -0.25) is 0 Å². The molecule has 0 aromatic carbocycles. The monoisotopic (exact) mass is 301 g/mol. The van der Waals surface area contributed by atoms with Crippen LogP contribution in [0, 0.1) is 0 Å². The molecule has 0 aliphatic rings. The summed E-state index contributed by atoms with van der Waals surface area (Å²) in [6.07, 6.45) is 0. The molecule has 0 amide bonds. The van der Waals surface area contributed by atoms with Gasteiger partial charge >= 0.3 is 73.1 Å². The summed E-state index contributed by atoms with van der Waals surface area (Å²) in [6, 6.07) is 0. The molecule has 0 atom stereocenters. The van der Waals surface area contributed by atoms with Crippen molar-refractivity contribution in [3.05, 3.63) is 0 Å². The number of halogens is 12. The van der Waals surface area contributed by atoms with Gasteiger partial charge in [0, 0.05) is 0 Å². The van der Waals surface area contributed by atoms with E-state index < -0.39 is 21.8 Å². The summed E-state index contributed by atoms with van der Waals surface area (Å²) in [4.78, 5) is 0. The van der Waals surface area contributed by atoms with Crippen molar-refractivity contribution < 1.29 is 105 Å². The number of hydrogen-bond donors (Lipinski definition) is 0. The van der Waals surface area contributed by atoms with Crippen molar-refractivity contribution in [2.45, 2.75) is 0 Å². The van der Waals surface area contributed by atoms with Gasteiger partial charge in [0.1, 0.15) is 0 Å². The Morgan fingerprint density at radius 1 is 0.375 bits per heavy atom. The van der Waals surface area contributed by atoms with E-state index in [9.17, 15) is 51.8 Å². The molecule has 0 nitrogen and oxygen atoms in total. The second kappa shape index (κ2) is 9.96. The number of rotatable bonds is 0. The normalized spacial score (nSPS) is 11.2. The second-order valence-electron chi connectivity index (χ2n) is 1.48. The molecule has 0 unspecified atom stereocenters. The van der Waals surface area contributed by atoms with Crippen molar-refractivity contribution in [1.29, 1.82) is 0 Å². The molecule has 98 valence electrons. The molecule has 0 aromatic rings. The van der Waals surface area contributed by atoms with Crippen LogP contribution in [0.5, 0.6) is 0 Å². The third-order valence-electron chi connectivity index (χ3n) is 0. The molecular weight excluding hydrogens is 300 g/mol. The van der Waals surface area contributed by atoms with Crippen molar-refractivity contribution in [3.63, 3.8) is 0 Å². The molecule has 0 heterocycles. The summed E-state index contributed by atoms with van der Waals surface area (Å²) in [7, 11) is -18.0. The first-order valence-corrected chi connectivity index (χ1v) is 2.62.